The molecular weight excluding hydrogens is 206 g/mol. The molecule has 0 N–H and O–H groups in total. The van der Waals surface area contributed by atoms with Crippen LogP contribution in [0.2, 0.25) is 0 Å². The van der Waals surface area contributed by atoms with E-state index in [1.807, 2.05) is 13.8 Å². The molecule has 0 bridgehead atoms. The summed E-state index contributed by atoms with van der Waals surface area (Å²) in [5.74, 6) is 0. The smallest absolute Gasteiger partial charge is 0.0477 e. The third-order valence-electron chi connectivity index (χ3n) is 1.79. The van der Waals surface area contributed by atoms with Crippen LogP contribution in [-0.4, -0.2) is 4.57 Å². The minimum Gasteiger partial charge on any atom is -0.351 e. The number of aromatic nitrogens is 1. The quantitative estimate of drug-likeness (QED) is 0.585. The van der Waals surface area contributed by atoms with Gasteiger partial charge in [0.1, 0.15) is 0 Å². The number of hydrogen-bond donors (Lipinski definition) is 0. The summed E-state index contributed by atoms with van der Waals surface area (Å²) in [6, 6.07) is 10.5. The summed E-state index contributed by atoms with van der Waals surface area (Å²) in [7, 11) is 2.06. The third kappa shape index (κ3) is 6.83. The molecule has 0 spiro atoms. The molecule has 96 valence electrons. The monoisotopic (exact) mass is 233 g/mol. The molecule has 1 aromatic heterocycles. The number of fused-ring (bicyclic) bond motifs is 1. The summed E-state index contributed by atoms with van der Waals surface area (Å²) < 4.78 is 2.12. The van der Waals surface area contributed by atoms with E-state index in [-0.39, 0.29) is 0 Å². The first-order valence-corrected chi connectivity index (χ1v) is 6.38. The van der Waals surface area contributed by atoms with Crippen molar-refractivity contribution < 1.29 is 0 Å². The van der Waals surface area contributed by atoms with Crippen LogP contribution in [0.15, 0.2) is 36.5 Å². The predicted molar refractivity (Wildman–Crippen MR) is 79.4 cm³/mol. The van der Waals surface area contributed by atoms with Gasteiger partial charge in [-0.1, -0.05) is 59.7 Å². The molecule has 0 amide bonds. The van der Waals surface area contributed by atoms with Gasteiger partial charge in [-0.15, -0.1) is 0 Å². The second-order valence-electron chi connectivity index (χ2n) is 5.49. The second kappa shape index (κ2) is 7.16. The predicted octanol–water partition coefficient (Wildman–Crippen LogP) is 5.26. The van der Waals surface area contributed by atoms with Crippen molar-refractivity contribution in [3.05, 3.63) is 36.5 Å². The molecule has 0 saturated carbocycles. The van der Waals surface area contributed by atoms with Crippen molar-refractivity contribution in [3.8, 4) is 0 Å². The zero-order chi connectivity index (χ0) is 13.5. The summed E-state index contributed by atoms with van der Waals surface area (Å²) in [6.45, 7) is 12.8. The lowest BCUT2D eigenvalue weighted by atomic mass is 10.0. The van der Waals surface area contributed by atoms with Crippen molar-refractivity contribution >= 4 is 10.9 Å². The van der Waals surface area contributed by atoms with E-state index in [2.05, 4.69) is 75.8 Å². The standard InChI is InChI=1S/C9H9N.C5H12.C2H6/c1-10-7-6-8-4-2-3-5-9(8)10;1-5(2,3)4;1-2/h2-7H,1H3;1-4H3;1-2H3. The van der Waals surface area contributed by atoms with E-state index < -0.39 is 0 Å². The zero-order valence-electron chi connectivity index (χ0n) is 12.4. The highest BCUT2D eigenvalue weighted by atomic mass is 14.9. The van der Waals surface area contributed by atoms with Gasteiger partial charge in [0.25, 0.3) is 0 Å². The lowest BCUT2D eigenvalue weighted by molar-refractivity contribution is 0.469. The highest BCUT2D eigenvalue weighted by Gasteiger charge is 1.95. The molecular formula is C16H27N. The third-order valence-corrected chi connectivity index (χ3v) is 1.79. The van der Waals surface area contributed by atoms with Gasteiger partial charge in [-0.3, -0.25) is 0 Å². The Hall–Kier alpha value is -1.24. The maximum absolute atomic E-state index is 2.19. The number of hydrogen-bond acceptors (Lipinski definition) is 0. The molecule has 17 heavy (non-hydrogen) atoms. The molecule has 0 fully saturated rings. The van der Waals surface area contributed by atoms with E-state index in [1.54, 1.807) is 0 Å². The van der Waals surface area contributed by atoms with E-state index in [0.717, 1.165) is 0 Å². The first-order valence-electron chi connectivity index (χ1n) is 6.38. The fourth-order valence-electron chi connectivity index (χ4n) is 1.22. The molecule has 0 aliphatic rings. The van der Waals surface area contributed by atoms with Crippen LogP contribution in [0.5, 0.6) is 0 Å². The Morgan fingerprint density at radius 3 is 1.82 bits per heavy atom. The Morgan fingerprint density at radius 2 is 1.35 bits per heavy atom. The second-order valence-corrected chi connectivity index (χ2v) is 5.49. The van der Waals surface area contributed by atoms with Gasteiger partial charge in [0.15, 0.2) is 0 Å². The van der Waals surface area contributed by atoms with E-state index in [0.29, 0.717) is 5.41 Å². The fraction of sp³-hybridized carbons (Fsp3) is 0.500. The molecule has 0 aliphatic carbocycles. The number of rotatable bonds is 0. The van der Waals surface area contributed by atoms with Crippen molar-refractivity contribution in [1.82, 2.24) is 4.57 Å². The van der Waals surface area contributed by atoms with Crippen LogP contribution >= 0.6 is 0 Å². The van der Waals surface area contributed by atoms with Gasteiger partial charge in [0, 0.05) is 18.8 Å². The molecule has 0 saturated heterocycles. The average molecular weight is 233 g/mol. The van der Waals surface area contributed by atoms with Crippen molar-refractivity contribution in [2.45, 2.75) is 41.5 Å². The van der Waals surface area contributed by atoms with Crippen molar-refractivity contribution in [2.75, 3.05) is 0 Å². The van der Waals surface area contributed by atoms with Crippen LogP contribution in [0, 0.1) is 5.41 Å². The first-order chi connectivity index (χ1) is 7.88. The Kier molecular flexibility index (Phi) is 6.64. The van der Waals surface area contributed by atoms with Crippen LogP contribution in [0.3, 0.4) is 0 Å². The van der Waals surface area contributed by atoms with Crippen molar-refractivity contribution in [1.29, 1.82) is 0 Å². The summed E-state index contributed by atoms with van der Waals surface area (Å²) in [5, 5.41) is 1.31. The highest BCUT2D eigenvalue weighted by molar-refractivity contribution is 5.79. The van der Waals surface area contributed by atoms with E-state index in [4.69, 9.17) is 0 Å². The van der Waals surface area contributed by atoms with Gasteiger partial charge in [-0.2, -0.15) is 0 Å². The molecule has 2 rings (SSSR count). The maximum Gasteiger partial charge on any atom is 0.0477 e. The summed E-state index contributed by atoms with van der Waals surface area (Å²) >= 11 is 0. The summed E-state index contributed by atoms with van der Waals surface area (Å²) in [6.07, 6.45) is 2.07. The van der Waals surface area contributed by atoms with Gasteiger partial charge >= 0.3 is 0 Å². The molecule has 0 atom stereocenters. The number of aryl methyl sites for hydroxylation is 1. The molecule has 0 unspecified atom stereocenters. The number of benzene rings is 1. The minimum atomic E-state index is 0.500. The van der Waals surface area contributed by atoms with Gasteiger partial charge in [-0.05, 0) is 22.9 Å². The van der Waals surface area contributed by atoms with Crippen LogP contribution in [0.25, 0.3) is 10.9 Å². The zero-order valence-corrected chi connectivity index (χ0v) is 12.4. The molecule has 0 aliphatic heterocycles. The van der Waals surface area contributed by atoms with Gasteiger partial charge in [0.2, 0.25) is 0 Å². The molecule has 1 nitrogen and oxygen atoms in total. The first kappa shape index (κ1) is 15.8. The topological polar surface area (TPSA) is 4.93 Å². The van der Waals surface area contributed by atoms with Crippen LogP contribution in [0.4, 0.5) is 0 Å². The van der Waals surface area contributed by atoms with Gasteiger partial charge in [0.05, 0.1) is 0 Å². The summed E-state index contributed by atoms with van der Waals surface area (Å²) in [5.41, 5.74) is 1.79. The lowest BCUT2D eigenvalue weighted by Crippen LogP contribution is -1.93. The summed E-state index contributed by atoms with van der Waals surface area (Å²) in [4.78, 5) is 0. The maximum atomic E-state index is 2.19. The van der Waals surface area contributed by atoms with Crippen LogP contribution in [0.1, 0.15) is 41.5 Å². The van der Waals surface area contributed by atoms with Gasteiger partial charge in [-0.25, -0.2) is 0 Å². The van der Waals surface area contributed by atoms with E-state index in [9.17, 15) is 0 Å². The lowest BCUT2D eigenvalue weighted by Gasteiger charge is -2.05. The molecule has 2 aromatic rings. The fourth-order valence-corrected chi connectivity index (χ4v) is 1.22. The average Bonchev–Trinajstić information content (AvgIpc) is 2.62. The van der Waals surface area contributed by atoms with Crippen molar-refractivity contribution in [3.63, 3.8) is 0 Å². The molecule has 1 aromatic carbocycles. The van der Waals surface area contributed by atoms with E-state index >= 15 is 0 Å². The van der Waals surface area contributed by atoms with E-state index in [1.165, 1.54) is 10.9 Å². The number of para-hydroxylation sites is 1. The molecule has 0 radical (unpaired) electrons. The van der Waals surface area contributed by atoms with Crippen molar-refractivity contribution in [2.24, 2.45) is 12.5 Å². The Balaban J connectivity index is 0.000000315. The molecule has 1 heterocycles. The Labute approximate surface area is 106 Å². The molecule has 1 heteroatoms. The Bertz CT molecular complexity index is 412. The highest BCUT2D eigenvalue weighted by Crippen LogP contribution is 2.12. The number of nitrogens with zero attached hydrogens (tertiary/aromatic N) is 1. The SMILES string of the molecule is CC.CC(C)(C)C.Cn1ccc2ccccc21. The largest absolute Gasteiger partial charge is 0.351 e. The van der Waals surface area contributed by atoms with Crippen LogP contribution < -0.4 is 0 Å². The minimum absolute atomic E-state index is 0.500. The Morgan fingerprint density at radius 1 is 0.882 bits per heavy atom. The van der Waals surface area contributed by atoms with Gasteiger partial charge < -0.3 is 4.57 Å². The normalized spacial score (nSPS) is 10.1. The van der Waals surface area contributed by atoms with Crippen LogP contribution in [-0.2, 0) is 7.05 Å².